The lowest BCUT2D eigenvalue weighted by Crippen LogP contribution is -2.09. The second-order valence-corrected chi connectivity index (χ2v) is 4.19. The van der Waals surface area contributed by atoms with Crippen molar-refractivity contribution in [2.24, 2.45) is 0 Å². The van der Waals surface area contributed by atoms with Gasteiger partial charge in [0.25, 0.3) is 5.69 Å². The molecule has 4 nitrogen and oxygen atoms in total. The molecule has 5 heteroatoms. The molecule has 0 unspecified atom stereocenters. The Balaban J connectivity index is 2.32. The molecule has 0 amide bonds. The monoisotopic (exact) mass is 262 g/mol. The molecule has 0 aliphatic heterocycles. The van der Waals surface area contributed by atoms with Crippen LogP contribution in [0.15, 0.2) is 48.5 Å². The van der Waals surface area contributed by atoms with E-state index in [0.29, 0.717) is 5.02 Å². The van der Waals surface area contributed by atoms with Crippen molar-refractivity contribution in [3.05, 3.63) is 63.7 Å². The Bertz CT molecular complexity index is 569. The summed E-state index contributed by atoms with van der Waals surface area (Å²) in [4.78, 5) is 12.0. The number of non-ortho nitro benzene ring substituents is 1. The van der Waals surface area contributed by atoms with Crippen LogP contribution >= 0.6 is 11.6 Å². The van der Waals surface area contributed by atoms with E-state index in [1.807, 2.05) is 30.1 Å². The van der Waals surface area contributed by atoms with E-state index in [-0.39, 0.29) is 5.69 Å². The molecule has 0 radical (unpaired) electrons. The van der Waals surface area contributed by atoms with Crippen LogP contribution in [0.3, 0.4) is 0 Å². The fourth-order valence-corrected chi connectivity index (χ4v) is 1.92. The molecule has 0 bridgehead atoms. The summed E-state index contributed by atoms with van der Waals surface area (Å²) in [6.45, 7) is 0. The Morgan fingerprint density at radius 1 is 1.11 bits per heavy atom. The predicted molar refractivity (Wildman–Crippen MR) is 72.6 cm³/mol. The van der Waals surface area contributed by atoms with E-state index in [9.17, 15) is 10.1 Å². The summed E-state index contributed by atoms with van der Waals surface area (Å²) < 4.78 is 0. The maximum Gasteiger partial charge on any atom is 0.269 e. The number of hydrogen-bond donors (Lipinski definition) is 0. The maximum absolute atomic E-state index is 10.6. The van der Waals surface area contributed by atoms with Gasteiger partial charge in [-0.05, 0) is 24.3 Å². The minimum Gasteiger partial charge on any atom is -0.343 e. The highest BCUT2D eigenvalue weighted by molar-refractivity contribution is 6.33. The molecule has 0 atom stereocenters. The Labute approximate surface area is 110 Å². The molecular weight excluding hydrogens is 252 g/mol. The Kier molecular flexibility index (Phi) is 3.48. The van der Waals surface area contributed by atoms with Gasteiger partial charge in [-0.15, -0.1) is 0 Å². The number of benzene rings is 2. The summed E-state index contributed by atoms with van der Waals surface area (Å²) >= 11 is 6.10. The largest absolute Gasteiger partial charge is 0.343 e. The number of para-hydroxylation sites is 1. The zero-order valence-corrected chi connectivity index (χ0v) is 10.5. The number of nitro groups is 1. The molecule has 0 aliphatic carbocycles. The van der Waals surface area contributed by atoms with Crippen LogP contribution in [0.2, 0.25) is 5.02 Å². The fraction of sp³-hybridized carbons (Fsp3) is 0.0769. The maximum atomic E-state index is 10.6. The number of halogens is 1. The first kappa shape index (κ1) is 12.4. The highest BCUT2D eigenvalue weighted by Crippen LogP contribution is 2.30. The summed E-state index contributed by atoms with van der Waals surface area (Å²) in [5.41, 5.74) is 1.77. The van der Waals surface area contributed by atoms with Crippen LogP contribution in [0.5, 0.6) is 0 Å². The van der Waals surface area contributed by atoms with Crippen molar-refractivity contribution >= 4 is 28.7 Å². The van der Waals surface area contributed by atoms with Gasteiger partial charge in [0.1, 0.15) is 0 Å². The molecule has 0 spiro atoms. The van der Waals surface area contributed by atoms with Gasteiger partial charge in [-0.25, -0.2) is 0 Å². The summed E-state index contributed by atoms with van der Waals surface area (Å²) in [7, 11) is 1.86. The lowest BCUT2D eigenvalue weighted by molar-refractivity contribution is -0.384. The Hall–Kier alpha value is -2.07. The van der Waals surface area contributed by atoms with Crippen molar-refractivity contribution in [3.8, 4) is 0 Å². The number of nitrogens with zero attached hydrogens (tertiary/aromatic N) is 2. The van der Waals surface area contributed by atoms with E-state index in [4.69, 9.17) is 11.6 Å². The molecule has 2 rings (SSSR count). The Morgan fingerprint density at radius 2 is 1.72 bits per heavy atom. The topological polar surface area (TPSA) is 46.4 Å². The molecule has 0 aliphatic rings. The molecule has 0 saturated heterocycles. The van der Waals surface area contributed by atoms with Crippen LogP contribution in [0, 0.1) is 10.1 Å². The van der Waals surface area contributed by atoms with Crippen LogP contribution in [0.4, 0.5) is 17.1 Å². The summed E-state index contributed by atoms with van der Waals surface area (Å²) in [6.07, 6.45) is 0. The standard InChI is InChI=1S/C13H11ClN2O2/c1-15(13-5-3-2-4-12(13)14)10-6-8-11(9-7-10)16(17)18/h2-9H,1H3. The first-order valence-electron chi connectivity index (χ1n) is 5.32. The third kappa shape index (κ3) is 2.43. The van der Waals surface area contributed by atoms with Gasteiger partial charge in [0, 0.05) is 24.9 Å². The third-order valence-corrected chi connectivity index (χ3v) is 2.98. The van der Waals surface area contributed by atoms with Crippen molar-refractivity contribution in [2.45, 2.75) is 0 Å². The molecular formula is C13H11ClN2O2. The van der Waals surface area contributed by atoms with Crippen molar-refractivity contribution < 1.29 is 4.92 Å². The number of hydrogen-bond acceptors (Lipinski definition) is 3. The molecule has 2 aromatic rings. The van der Waals surface area contributed by atoms with Crippen molar-refractivity contribution in [3.63, 3.8) is 0 Å². The predicted octanol–water partition coefficient (Wildman–Crippen LogP) is 4.02. The molecule has 0 fully saturated rings. The van der Waals surface area contributed by atoms with Gasteiger partial charge < -0.3 is 4.90 Å². The van der Waals surface area contributed by atoms with E-state index in [2.05, 4.69) is 0 Å². The Morgan fingerprint density at radius 3 is 2.28 bits per heavy atom. The number of rotatable bonds is 3. The van der Waals surface area contributed by atoms with Gasteiger partial charge in [-0.3, -0.25) is 10.1 Å². The number of anilines is 2. The zero-order chi connectivity index (χ0) is 13.1. The van der Waals surface area contributed by atoms with Crippen LogP contribution in [-0.2, 0) is 0 Å². The smallest absolute Gasteiger partial charge is 0.269 e. The SMILES string of the molecule is CN(c1ccc([N+](=O)[O-])cc1)c1ccccc1Cl. The average molecular weight is 263 g/mol. The molecule has 92 valence electrons. The first-order chi connectivity index (χ1) is 8.59. The molecule has 2 aromatic carbocycles. The molecule has 0 aromatic heterocycles. The molecule has 18 heavy (non-hydrogen) atoms. The normalized spacial score (nSPS) is 10.1. The van der Waals surface area contributed by atoms with E-state index in [1.54, 1.807) is 18.2 Å². The van der Waals surface area contributed by atoms with Gasteiger partial charge in [-0.2, -0.15) is 0 Å². The minimum atomic E-state index is -0.417. The average Bonchev–Trinajstić information content (AvgIpc) is 2.38. The van der Waals surface area contributed by atoms with Gasteiger partial charge in [0.05, 0.1) is 15.6 Å². The van der Waals surface area contributed by atoms with Gasteiger partial charge in [-0.1, -0.05) is 23.7 Å². The number of nitro benzene ring substituents is 1. The van der Waals surface area contributed by atoms with Crippen molar-refractivity contribution in [1.82, 2.24) is 0 Å². The van der Waals surface area contributed by atoms with Gasteiger partial charge >= 0.3 is 0 Å². The third-order valence-electron chi connectivity index (χ3n) is 2.66. The molecule has 0 saturated carbocycles. The van der Waals surface area contributed by atoms with Crippen LogP contribution in [-0.4, -0.2) is 12.0 Å². The summed E-state index contributed by atoms with van der Waals surface area (Å²) in [5.74, 6) is 0. The minimum absolute atomic E-state index is 0.0753. The zero-order valence-electron chi connectivity index (χ0n) is 9.71. The van der Waals surface area contributed by atoms with E-state index >= 15 is 0 Å². The fourth-order valence-electron chi connectivity index (χ4n) is 1.66. The highest BCUT2D eigenvalue weighted by Gasteiger charge is 2.09. The lowest BCUT2D eigenvalue weighted by atomic mass is 10.2. The second-order valence-electron chi connectivity index (χ2n) is 3.78. The van der Waals surface area contributed by atoms with Crippen molar-refractivity contribution in [2.75, 3.05) is 11.9 Å². The van der Waals surface area contributed by atoms with E-state index in [1.165, 1.54) is 12.1 Å². The van der Waals surface area contributed by atoms with Crippen LogP contribution in [0.1, 0.15) is 0 Å². The molecule has 0 N–H and O–H groups in total. The highest BCUT2D eigenvalue weighted by atomic mass is 35.5. The van der Waals surface area contributed by atoms with Crippen molar-refractivity contribution in [1.29, 1.82) is 0 Å². The first-order valence-corrected chi connectivity index (χ1v) is 5.70. The lowest BCUT2D eigenvalue weighted by Gasteiger charge is -2.20. The van der Waals surface area contributed by atoms with Crippen LogP contribution in [0.25, 0.3) is 0 Å². The van der Waals surface area contributed by atoms with Gasteiger partial charge in [0.15, 0.2) is 0 Å². The molecule has 0 heterocycles. The quantitative estimate of drug-likeness (QED) is 0.620. The summed E-state index contributed by atoms with van der Waals surface area (Å²) in [5, 5.41) is 11.2. The second kappa shape index (κ2) is 5.06. The van der Waals surface area contributed by atoms with E-state index < -0.39 is 4.92 Å². The summed E-state index contributed by atoms with van der Waals surface area (Å²) in [6, 6.07) is 13.8. The van der Waals surface area contributed by atoms with Crippen LogP contribution < -0.4 is 4.90 Å². The van der Waals surface area contributed by atoms with E-state index in [0.717, 1.165) is 11.4 Å². The van der Waals surface area contributed by atoms with Gasteiger partial charge in [0.2, 0.25) is 0 Å².